The summed E-state index contributed by atoms with van der Waals surface area (Å²) in [6.07, 6.45) is 3.29. The lowest BCUT2D eigenvalue weighted by atomic mass is 9.98. The maximum Gasteiger partial charge on any atom is 0.407 e. The van der Waals surface area contributed by atoms with Gasteiger partial charge in [-0.3, -0.25) is 9.59 Å². The van der Waals surface area contributed by atoms with Gasteiger partial charge in [0.15, 0.2) is 0 Å². The number of carbonyl (C=O) groups is 3. The molecule has 2 aromatic carbocycles. The summed E-state index contributed by atoms with van der Waals surface area (Å²) < 4.78 is 5.52. The zero-order chi connectivity index (χ0) is 23.7. The first-order chi connectivity index (χ1) is 16.5. The fourth-order valence-corrected chi connectivity index (χ4v) is 5.82. The standard InChI is InChI=1S/C27H30N2O5/c30-24(29-18-13-17-14-27(17,15-18)25(31)32)11-5-6-12-28-26(33)34-16-23-21-9-3-1-7-19(21)20-8-2-4-10-22(20)23/h1-4,7-10,17-18,23H,5-6,11-16H2,(H,28,33)(H,29,30)(H,31,32). The molecule has 5 rings (SSSR count). The number of carboxylic acids is 1. The van der Waals surface area contributed by atoms with Gasteiger partial charge < -0.3 is 20.5 Å². The van der Waals surface area contributed by atoms with Gasteiger partial charge >= 0.3 is 12.1 Å². The smallest absolute Gasteiger partial charge is 0.407 e. The number of unbranched alkanes of at least 4 members (excludes halogenated alkanes) is 1. The number of hydrogen-bond donors (Lipinski definition) is 3. The maximum atomic E-state index is 12.2. The first-order valence-electron chi connectivity index (χ1n) is 12.1. The Morgan fingerprint density at radius 2 is 1.65 bits per heavy atom. The summed E-state index contributed by atoms with van der Waals surface area (Å²) in [5.74, 6) is -0.526. The van der Waals surface area contributed by atoms with E-state index in [0.29, 0.717) is 32.2 Å². The van der Waals surface area contributed by atoms with Crippen molar-refractivity contribution in [3.63, 3.8) is 0 Å². The zero-order valence-electron chi connectivity index (χ0n) is 19.1. The number of amides is 2. The van der Waals surface area contributed by atoms with E-state index in [1.165, 1.54) is 22.3 Å². The van der Waals surface area contributed by atoms with Crippen LogP contribution in [0.3, 0.4) is 0 Å². The van der Waals surface area contributed by atoms with Crippen LogP contribution < -0.4 is 10.6 Å². The van der Waals surface area contributed by atoms with Crippen molar-refractivity contribution in [1.82, 2.24) is 10.6 Å². The molecule has 3 N–H and O–H groups in total. The van der Waals surface area contributed by atoms with Crippen molar-refractivity contribution in [2.45, 2.75) is 50.5 Å². The molecule has 7 nitrogen and oxygen atoms in total. The summed E-state index contributed by atoms with van der Waals surface area (Å²) in [6.45, 7) is 0.722. The number of hydrogen-bond acceptors (Lipinski definition) is 4. The van der Waals surface area contributed by atoms with Crippen molar-refractivity contribution in [1.29, 1.82) is 0 Å². The van der Waals surface area contributed by atoms with Crippen LogP contribution >= 0.6 is 0 Å². The van der Waals surface area contributed by atoms with Gasteiger partial charge in [0.1, 0.15) is 6.61 Å². The van der Waals surface area contributed by atoms with Gasteiger partial charge in [0.05, 0.1) is 5.41 Å². The van der Waals surface area contributed by atoms with Crippen molar-refractivity contribution in [3.05, 3.63) is 59.7 Å². The molecule has 0 spiro atoms. The van der Waals surface area contributed by atoms with Gasteiger partial charge in [-0.15, -0.1) is 0 Å². The number of ether oxygens (including phenoxy) is 1. The van der Waals surface area contributed by atoms with E-state index in [1.54, 1.807) is 0 Å². The van der Waals surface area contributed by atoms with E-state index >= 15 is 0 Å². The molecule has 0 radical (unpaired) electrons. The number of carboxylic acid groups (broad SMARTS) is 1. The van der Waals surface area contributed by atoms with Crippen LogP contribution in [0.1, 0.15) is 55.6 Å². The second-order valence-electron chi connectivity index (χ2n) is 9.78. The molecule has 0 aromatic heterocycles. The molecule has 178 valence electrons. The molecule has 3 unspecified atom stereocenters. The molecule has 0 bridgehead atoms. The number of rotatable bonds is 9. The second-order valence-corrected chi connectivity index (χ2v) is 9.78. The van der Waals surface area contributed by atoms with Crippen LogP contribution in [-0.4, -0.2) is 42.3 Å². The fourth-order valence-electron chi connectivity index (χ4n) is 5.82. The minimum atomic E-state index is -0.728. The Balaban J connectivity index is 0.994. The van der Waals surface area contributed by atoms with Crippen molar-refractivity contribution in [2.24, 2.45) is 11.3 Å². The van der Waals surface area contributed by atoms with E-state index in [1.807, 2.05) is 24.3 Å². The van der Waals surface area contributed by atoms with Gasteiger partial charge in [-0.1, -0.05) is 48.5 Å². The Hall–Kier alpha value is -3.35. The Labute approximate surface area is 198 Å². The molecule has 34 heavy (non-hydrogen) atoms. The molecule has 2 fully saturated rings. The lowest BCUT2D eigenvalue weighted by Crippen LogP contribution is -2.35. The van der Waals surface area contributed by atoms with Gasteiger partial charge in [0, 0.05) is 24.9 Å². The summed E-state index contributed by atoms with van der Waals surface area (Å²) in [5.41, 5.74) is 4.16. The zero-order valence-corrected chi connectivity index (χ0v) is 19.1. The quantitative estimate of drug-likeness (QED) is 0.488. The van der Waals surface area contributed by atoms with E-state index in [-0.39, 0.29) is 30.4 Å². The number of alkyl carbamates (subject to hydrolysis) is 1. The van der Waals surface area contributed by atoms with Gasteiger partial charge in [-0.05, 0) is 60.3 Å². The largest absolute Gasteiger partial charge is 0.481 e. The third kappa shape index (κ3) is 4.27. The lowest BCUT2D eigenvalue weighted by molar-refractivity contribution is -0.143. The third-order valence-corrected chi connectivity index (χ3v) is 7.65. The number of fused-ring (bicyclic) bond motifs is 4. The molecule has 3 atom stereocenters. The van der Waals surface area contributed by atoms with Crippen LogP contribution in [0.4, 0.5) is 4.79 Å². The molecular weight excluding hydrogens is 432 g/mol. The molecule has 0 aliphatic heterocycles. The van der Waals surface area contributed by atoms with Crippen LogP contribution in [0.25, 0.3) is 11.1 Å². The minimum absolute atomic E-state index is 0.0266. The minimum Gasteiger partial charge on any atom is -0.481 e. The SMILES string of the molecule is O=C(CCCCNC(=O)OCC1c2ccccc2-c2ccccc21)NC1CC2CC2(C(=O)O)C1. The van der Waals surface area contributed by atoms with E-state index in [9.17, 15) is 19.5 Å². The first-order valence-corrected chi connectivity index (χ1v) is 12.1. The van der Waals surface area contributed by atoms with E-state index in [0.717, 1.165) is 12.8 Å². The molecule has 0 saturated heterocycles. The number of aliphatic carboxylic acids is 1. The predicted molar refractivity (Wildman–Crippen MR) is 126 cm³/mol. The van der Waals surface area contributed by atoms with Gasteiger partial charge in [-0.25, -0.2) is 4.79 Å². The van der Waals surface area contributed by atoms with E-state index in [2.05, 4.69) is 34.9 Å². The van der Waals surface area contributed by atoms with Crippen LogP contribution in [0.15, 0.2) is 48.5 Å². The number of carbonyl (C=O) groups excluding carboxylic acids is 2. The molecule has 2 aromatic rings. The molecule has 3 aliphatic rings. The summed E-state index contributed by atoms with van der Waals surface area (Å²) >= 11 is 0. The van der Waals surface area contributed by atoms with E-state index in [4.69, 9.17) is 4.74 Å². The highest BCUT2D eigenvalue weighted by Crippen LogP contribution is 2.63. The topological polar surface area (TPSA) is 105 Å². The summed E-state index contributed by atoms with van der Waals surface area (Å²) in [7, 11) is 0. The molecule has 0 heterocycles. The maximum absolute atomic E-state index is 12.2. The normalized spacial score (nSPS) is 24.0. The lowest BCUT2D eigenvalue weighted by Gasteiger charge is -2.16. The summed E-state index contributed by atoms with van der Waals surface area (Å²) in [4.78, 5) is 35.8. The molecule has 2 saturated carbocycles. The molecule has 2 amide bonds. The van der Waals surface area contributed by atoms with Crippen LogP contribution in [-0.2, 0) is 14.3 Å². The first kappa shape index (κ1) is 22.4. The van der Waals surface area contributed by atoms with Crippen LogP contribution in [0.2, 0.25) is 0 Å². The fraction of sp³-hybridized carbons (Fsp3) is 0.444. The van der Waals surface area contributed by atoms with Gasteiger partial charge in [0.2, 0.25) is 5.91 Å². The molecule has 3 aliphatic carbocycles. The Bertz CT molecular complexity index is 1070. The van der Waals surface area contributed by atoms with Gasteiger partial charge in [0.25, 0.3) is 0 Å². The van der Waals surface area contributed by atoms with Crippen molar-refractivity contribution < 1.29 is 24.2 Å². The Morgan fingerprint density at radius 1 is 0.971 bits per heavy atom. The Kier molecular flexibility index (Phi) is 6.02. The second kappa shape index (κ2) is 9.12. The molecular formula is C27H30N2O5. The highest BCUT2D eigenvalue weighted by Gasteiger charge is 2.65. The average molecular weight is 463 g/mol. The Morgan fingerprint density at radius 3 is 2.29 bits per heavy atom. The van der Waals surface area contributed by atoms with Crippen molar-refractivity contribution >= 4 is 18.0 Å². The number of benzene rings is 2. The average Bonchev–Trinajstić information content (AvgIpc) is 3.26. The highest BCUT2D eigenvalue weighted by atomic mass is 16.5. The summed E-state index contributed by atoms with van der Waals surface area (Å²) in [5, 5.41) is 15.1. The van der Waals surface area contributed by atoms with Crippen molar-refractivity contribution in [3.8, 4) is 11.1 Å². The van der Waals surface area contributed by atoms with Gasteiger partial charge in [-0.2, -0.15) is 0 Å². The van der Waals surface area contributed by atoms with Crippen molar-refractivity contribution in [2.75, 3.05) is 13.2 Å². The number of nitrogens with one attached hydrogen (secondary N) is 2. The highest BCUT2D eigenvalue weighted by molar-refractivity contribution is 5.81. The van der Waals surface area contributed by atoms with Crippen LogP contribution in [0, 0.1) is 11.3 Å². The monoisotopic (exact) mass is 462 g/mol. The molecule has 7 heteroatoms. The van der Waals surface area contributed by atoms with Crippen LogP contribution in [0.5, 0.6) is 0 Å². The van der Waals surface area contributed by atoms with E-state index < -0.39 is 17.5 Å². The summed E-state index contributed by atoms with van der Waals surface area (Å²) in [6, 6.07) is 16.4. The predicted octanol–water partition coefficient (Wildman–Crippen LogP) is 4.06. The third-order valence-electron chi connectivity index (χ3n) is 7.65.